The van der Waals surface area contributed by atoms with Gasteiger partial charge in [-0.25, -0.2) is 0 Å². The second kappa shape index (κ2) is 7.24. The third-order valence-corrected chi connectivity index (χ3v) is 2.94. The molecular formula is C14H17F3N2O3. The van der Waals surface area contributed by atoms with Crippen molar-refractivity contribution in [2.75, 3.05) is 6.54 Å². The summed E-state index contributed by atoms with van der Waals surface area (Å²) in [6.45, 7) is 3.40. The molecule has 122 valence electrons. The smallest absolute Gasteiger partial charge is 0.434 e. The topological polar surface area (TPSA) is 79.3 Å². The molecule has 22 heavy (non-hydrogen) atoms. The number of halogens is 3. The number of carboxylic acids is 1. The van der Waals surface area contributed by atoms with E-state index in [1.54, 1.807) is 0 Å². The standard InChI is InChI=1S/C14H17F3N2O3/c1-8(2)6-9(13(21)22)7-19-12(20)10-4-3-5-18-11(10)14(15,16)17/h3-5,8-9H,6-7H2,1-2H3,(H,19,20)(H,21,22). The minimum Gasteiger partial charge on any atom is -0.481 e. The Balaban J connectivity index is 2.84. The molecule has 0 saturated heterocycles. The highest BCUT2D eigenvalue weighted by Gasteiger charge is 2.37. The highest BCUT2D eigenvalue weighted by atomic mass is 19.4. The number of pyridine rings is 1. The van der Waals surface area contributed by atoms with E-state index in [0.29, 0.717) is 6.42 Å². The molecule has 0 fully saturated rings. The summed E-state index contributed by atoms with van der Waals surface area (Å²) in [4.78, 5) is 26.1. The summed E-state index contributed by atoms with van der Waals surface area (Å²) in [5, 5.41) is 11.3. The zero-order valence-corrected chi connectivity index (χ0v) is 12.1. The third-order valence-electron chi connectivity index (χ3n) is 2.94. The molecule has 0 aliphatic heterocycles. The van der Waals surface area contributed by atoms with E-state index in [-0.39, 0.29) is 12.5 Å². The molecule has 1 aromatic rings. The van der Waals surface area contributed by atoms with Gasteiger partial charge >= 0.3 is 12.1 Å². The minimum atomic E-state index is -4.75. The molecule has 0 aromatic carbocycles. The lowest BCUT2D eigenvalue weighted by Crippen LogP contribution is -2.34. The number of carboxylic acid groups (broad SMARTS) is 1. The van der Waals surface area contributed by atoms with E-state index in [2.05, 4.69) is 10.3 Å². The van der Waals surface area contributed by atoms with Gasteiger partial charge in [0.25, 0.3) is 5.91 Å². The van der Waals surface area contributed by atoms with Gasteiger partial charge in [0.15, 0.2) is 5.69 Å². The van der Waals surface area contributed by atoms with Crippen LogP contribution in [0.4, 0.5) is 13.2 Å². The molecule has 5 nitrogen and oxygen atoms in total. The second-order valence-corrected chi connectivity index (χ2v) is 5.27. The van der Waals surface area contributed by atoms with E-state index < -0.39 is 35.2 Å². The molecule has 1 aromatic heterocycles. The van der Waals surface area contributed by atoms with Crippen molar-refractivity contribution < 1.29 is 27.9 Å². The van der Waals surface area contributed by atoms with Crippen LogP contribution in [0.1, 0.15) is 36.3 Å². The molecule has 0 aliphatic rings. The van der Waals surface area contributed by atoms with Gasteiger partial charge in [-0.05, 0) is 24.5 Å². The number of carbonyl (C=O) groups is 2. The Morgan fingerprint density at radius 1 is 1.36 bits per heavy atom. The summed E-state index contributed by atoms with van der Waals surface area (Å²) in [6.07, 6.45) is -3.49. The monoisotopic (exact) mass is 318 g/mol. The molecule has 2 N–H and O–H groups in total. The van der Waals surface area contributed by atoms with E-state index in [9.17, 15) is 22.8 Å². The van der Waals surface area contributed by atoms with Crippen LogP contribution < -0.4 is 5.32 Å². The van der Waals surface area contributed by atoms with Crippen LogP contribution in [0.25, 0.3) is 0 Å². The maximum atomic E-state index is 12.8. The molecule has 8 heteroatoms. The quantitative estimate of drug-likeness (QED) is 0.845. The lowest BCUT2D eigenvalue weighted by atomic mass is 9.97. The average molecular weight is 318 g/mol. The molecule has 0 spiro atoms. The Hall–Kier alpha value is -2.12. The van der Waals surface area contributed by atoms with E-state index >= 15 is 0 Å². The second-order valence-electron chi connectivity index (χ2n) is 5.27. The van der Waals surface area contributed by atoms with Gasteiger partial charge in [-0.1, -0.05) is 13.8 Å². The molecular weight excluding hydrogens is 301 g/mol. The van der Waals surface area contributed by atoms with Crippen molar-refractivity contribution in [2.24, 2.45) is 11.8 Å². The maximum absolute atomic E-state index is 12.8. The van der Waals surface area contributed by atoms with Crippen LogP contribution in [0.2, 0.25) is 0 Å². The molecule has 1 atom stereocenters. The Labute approximate surface area is 125 Å². The van der Waals surface area contributed by atoms with Gasteiger partial charge in [0.2, 0.25) is 0 Å². The summed E-state index contributed by atoms with van der Waals surface area (Å²) in [7, 11) is 0. The number of nitrogens with one attached hydrogen (secondary N) is 1. The Morgan fingerprint density at radius 2 is 2.00 bits per heavy atom. The van der Waals surface area contributed by atoms with Crippen molar-refractivity contribution >= 4 is 11.9 Å². The fourth-order valence-corrected chi connectivity index (χ4v) is 1.97. The van der Waals surface area contributed by atoms with Crippen molar-refractivity contribution in [2.45, 2.75) is 26.4 Å². The molecule has 1 rings (SSSR count). The summed E-state index contributed by atoms with van der Waals surface area (Å²) in [5.41, 5.74) is -1.91. The molecule has 0 bridgehead atoms. The summed E-state index contributed by atoms with van der Waals surface area (Å²) in [5.74, 6) is -2.86. The highest BCUT2D eigenvalue weighted by molar-refractivity contribution is 5.95. The number of amides is 1. The van der Waals surface area contributed by atoms with Crippen molar-refractivity contribution in [3.8, 4) is 0 Å². The molecule has 0 radical (unpaired) electrons. The van der Waals surface area contributed by atoms with Crippen LogP contribution in [0.15, 0.2) is 18.3 Å². The number of hydrogen-bond donors (Lipinski definition) is 2. The lowest BCUT2D eigenvalue weighted by molar-refractivity contribution is -0.143. The van der Waals surface area contributed by atoms with Crippen LogP contribution in [-0.2, 0) is 11.0 Å². The molecule has 0 aliphatic carbocycles. The normalized spacial score (nSPS) is 13.0. The van der Waals surface area contributed by atoms with Crippen LogP contribution in [0, 0.1) is 11.8 Å². The summed E-state index contributed by atoms with van der Waals surface area (Å²) >= 11 is 0. The molecule has 1 heterocycles. The SMILES string of the molecule is CC(C)CC(CNC(=O)c1cccnc1C(F)(F)F)C(=O)O. The first-order valence-electron chi connectivity index (χ1n) is 6.66. The van der Waals surface area contributed by atoms with Gasteiger partial charge in [0.1, 0.15) is 0 Å². The number of aliphatic carboxylic acids is 1. The number of alkyl halides is 3. The van der Waals surface area contributed by atoms with Gasteiger partial charge in [-0.3, -0.25) is 14.6 Å². The van der Waals surface area contributed by atoms with Gasteiger partial charge in [0.05, 0.1) is 11.5 Å². The minimum absolute atomic E-state index is 0.0853. The highest BCUT2D eigenvalue weighted by Crippen LogP contribution is 2.29. The van der Waals surface area contributed by atoms with E-state index in [0.717, 1.165) is 12.3 Å². The number of hydrogen-bond acceptors (Lipinski definition) is 3. The maximum Gasteiger partial charge on any atom is 0.434 e. The van der Waals surface area contributed by atoms with Gasteiger partial charge in [0, 0.05) is 12.7 Å². The van der Waals surface area contributed by atoms with Gasteiger partial charge in [-0.2, -0.15) is 13.2 Å². The Bertz CT molecular complexity index is 544. The van der Waals surface area contributed by atoms with E-state index in [1.165, 1.54) is 6.07 Å². The number of aromatic nitrogens is 1. The third kappa shape index (κ3) is 5.01. The predicted molar refractivity (Wildman–Crippen MR) is 72.2 cm³/mol. The van der Waals surface area contributed by atoms with Gasteiger partial charge in [-0.15, -0.1) is 0 Å². The fourth-order valence-electron chi connectivity index (χ4n) is 1.97. The Morgan fingerprint density at radius 3 is 2.50 bits per heavy atom. The predicted octanol–water partition coefficient (Wildman–Crippen LogP) is 2.58. The van der Waals surface area contributed by atoms with Crippen molar-refractivity contribution in [3.63, 3.8) is 0 Å². The first kappa shape index (κ1) is 17.9. The number of rotatable bonds is 6. The lowest BCUT2D eigenvalue weighted by Gasteiger charge is -2.16. The largest absolute Gasteiger partial charge is 0.481 e. The van der Waals surface area contributed by atoms with E-state index in [4.69, 9.17) is 5.11 Å². The average Bonchev–Trinajstić information content (AvgIpc) is 2.41. The first-order chi connectivity index (χ1) is 10.1. The van der Waals surface area contributed by atoms with Crippen LogP contribution in [-0.4, -0.2) is 28.5 Å². The Kier molecular flexibility index (Phi) is 5.90. The number of nitrogens with zero attached hydrogens (tertiary/aromatic N) is 1. The van der Waals surface area contributed by atoms with Crippen molar-refractivity contribution in [1.82, 2.24) is 10.3 Å². The first-order valence-corrected chi connectivity index (χ1v) is 6.66. The molecule has 1 unspecified atom stereocenters. The summed E-state index contributed by atoms with van der Waals surface area (Å²) < 4.78 is 38.3. The molecule has 1 amide bonds. The van der Waals surface area contributed by atoms with Crippen molar-refractivity contribution in [3.05, 3.63) is 29.6 Å². The zero-order chi connectivity index (χ0) is 16.9. The van der Waals surface area contributed by atoms with Crippen LogP contribution in [0.3, 0.4) is 0 Å². The van der Waals surface area contributed by atoms with Gasteiger partial charge < -0.3 is 10.4 Å². The zero-order valence-electron chi connectivity index (χ0n) is 12.1. The fraction of sp³-hybridized carbons (Fsp3) is 0.500. The summed E-state index contributed by atoms with van der Waals surface area (Å²) in [6, 6.07) is 2.22. The van der Waals surface area contributed by atoms with Crippen molar-refractivity contribution in [1.29, 1.82) is 0 Å². The number of carbonyl (C=O) groups excluding carboxylic acids is 1. The molecule has 0 saturated carbocycles. The van der Waals surface area contributed by atoms with Crippen LogP contribution in [0.5, 0.6) is 0 Å². The van der Waals surface area contributed by atoms with E-state index in [1.807, 2.05) is 13.8 Å². The van der Waals surface area contributed by atoms with Crippen LogP contribution >= 0.6 is 0 Å².